The zero-order chi connectivity index (χ0) is 32.8. The van der Waals surface area contributed by atoms with Crippen LogP contribution < -0.4 is 10.1 Å². The lowest BCUT2D eigenvalue weighted by Crippen LogP contribution is -2.07. The zero-order valence-electron chi connectivity index (χ0n) is 24.1. The Labute approximate surface area is 256 Å². The Morgan fingerprint density at radius 1 is 0.826 bits per heavy atom. The number of aromatic amines is 1. The molecule has 7 nitrogen and oxygen atoms in total. The molecule has 0 bridgehead atoms. The van der Waals surface area contributed by atoms with Crippen LogP contribution in [0.2, 0.25) is 0 Å². The van der Waals surface area contributed by atoms with Gasteiger partial charge in [-0.3, -0.25) is 4.98 Å². The number of H-pyrrole nitrogens is 1. The molecule has 0 radical (unpaired) electrons. The maximum Gasteiger partial charge on any atom is 0.416 e. The lowest BCUT2D eigenvalue weighted by molar-refractivity contribution is -0.138. The standard InChI is InChI=1S/C32H23F7N6O/c1-3-23-28(17-4-6-18(7-5-17)31(34,35)36)44-29(41-23)26-16-21(12-13-40-26)46-20-9-11-27-25(15-20)43-30(45(27)2)42-24-14-19(32(37,38)39)8-10-22(24)33/h4-16H,3H2,1-2H3,(H,41,44)(H,42,43). The van der Waals surface area contributed by atoms with Gasteiger partial charge < -0.3 is 19.6 Å². The quantitative estimate of drug-likeness (QED) is 0.170. The van der Waals surface area contributed by atoms with Gasteiger partial charge >= 0.3 is 12.4 Å². The lowest BCUT2D eigenvalue weighted by atomic mass is 10.1. The predicted molar refractivity (Wildman–Crippen MR) is 157 cm³/mol. The third-order valence-electron chi connectivity index (χ3n) is 7.22. The van der Waals surface area contributed by atoms with E-state index in [0.717, 1.165) is 23.9 Å². The predicted octanol–water partition coefficient (Wildman–Crippen LogP) is 9.30. The summed E-state index contributed by atoms with van der Waals surface area (Å²) in [7, 11) is 1.63. The Morgan fingerprint density at radius 3 is 2.22 bits per heavy atom. The second-order valence-corrected chi connectivity index (χ2v) is 10.3. The van der Waals surface area contributed by atoms with Gasteiger partial charge in [-0.25, -0.2) is 14.4 Å². The molecule has 0 fully saturated rings. The molecule has 6 rings (SSSR count). The molecular weight excluding hydrogens is 617 g/mol. The van der Waals surface area contributed by atoms with Crippen LogP contribution in [0.4, 0.5) is 42.4 Å². The maximum atomic E-state index is 14.3. The number of alkyl halides is 6. The van der Waals surface area contributed by atoms with E-state index in [1.54, 1.807) is 41.9 Å². The fourth-order valence-corrected chi connectivity index (χ4v) is 4.86. The topological polar surface area (TPSA) is 80.6 Å². The number of hydrogen-bond donors (Lipinski definition) is 2. The molecule has 14 heteroatoms. The van der Waals surface area contributed by atoms with E-state index in [2.05, 4.69) is 25.3 Å². The number of nitrogens with zero attached hydrogens (tertiary/aromatic N) is 4. The van der Waals surface area contributed by atoms with Crippen molar-refractivity contribution in [2.24, 2.45) is 7.05 Å². The van der Waals surface area contributed by atoms with Crippen LogP contribution in [0.15, 0.2) is 79.0 Å². The van der Waals surface area contributed by atoms with Gasteiger partial charge in [-0.05, 0) is 55.0 Å². The number of nitrogens with one attached hydrogen (secondary N) is 2. The Morgan fingerprint density at radius 2 is 1.52 bits per heavy atom. The highest BCUT2D eigenvalue weighted by Gasteiger charge is 2.32. The van der Waals surface area contributed by atoms with Crippen LogP contribution in [0.1, 0.15) is 23.7 Å². The second-order valence-electron chi connectivity index (χ2n) is 10.3. The van der Waals surface area contributed by atoms with E-state index in [1.165, 1.54) is 18.3 Å². The summed E-state index contributed by atoms with van der Waals surface area (Å²) in [6.45, 7) is 1.89. The van der Waals surface area contributed by atoms with Gasteiger partial charge in [0.25, 0.3) is 0 Å². The molecule has 46 heavy (non-hydrogen) atoms. The number of pyridine rings is 1. The van der Waals surface area contributed by atoms with Crippen molar-refractivity contribution in [3.05, 3.63) is 102 Å². The van der Waals surface area contributed by atoms with E-state index < -0.39 is 29.3 Å². The van der Waals surface area contributed by atoms with Gasteiger partial charge in [0.15, 0.2) is 5.82 Å². The number of fused-ring (bicyclic) bond motifs is 1. The van der Waals surface area contributed by atoms with E-state index in [0.29, 0.717) is 63.9 Å². The Hall–Kier alpha value is -5.40. The third kappa shape index (κ3) is 6.10. The molecule has 0 aliphatic heterocycles. The van der Waals surface area contributed by atoms with Crippen LogP contribution in [0.25, 0.3) is 33.8 Å². The van der Waals surface area contributed by atoms with Gasteiger partial charge in [0.1, 0.15) is 23.0 Å². The SMILES string of the molecule is CCc1[nH]c(-c2cc(Oc3ccc4c(c3)nc(Nc3cc(C(F)(F)F)ccc3F)n4C)ccn2)nc1-c1ccc(C(F)(F)F)cc1. The molecule has 3 aromatic heterocycles. The molecule has 0 saturated carbocycles. The number of hydrogen-bond acceptors (Lipinski definition) is 5. The molecule has 6 aromatic rings. The van der Waals surface area contributed by atoms with Gasteiger partial charge in [-0.15, -0.1) is 0 Å². The number of aryl methyl sites for hydroxylation is 2. The molecule has 3 heterocycles. The van der Waals surface area contributed by atoms with E-state index in [1.807, 2.05) is 6.92 Å². The van der Waals surface area contributed by atoms with Crippen LogP contribution in [0, 0.1) is 5.82 Å². The Balaban J connectivity index is 1.24. The first-order valence-corrected chi connectivity index (χ1v) is 13.8. The van der Waals surface area contributed by atoms with E-state index >= 15 is 0 Å². The smallest absolute Gasteiger partial charge is 0.416 e. The van der Waals surface area contributed by atoms with Crippen LogP contribution >= 0.6 is 0 Å². The molecule has 0 aliphatic rings. The molecule has 0 atom stereocenters. The van der Waals surface area contributed by atoms with E-state index in [9.17, 15) is 30.7 Å². The van der Waals surface area contributed by atoms with Gasteiger partial charge in [0.2, 0.25) is 5.95 Å². The molecule has 0 saturated heterocycles. The van der Waals surface area contributed by atoms with Crippen molar-refractivity contribution in [2.75, 3.05) is 5.32 Å². The first-order chi connectivity index (χ1) is 21.8. The zero-order valence-corrected chi connectivity index (χ0v) is 24.1. The fraction of sp³-hybridized carbons (Fsp3) is 0.156. The second kappa shape index (κ2) is 11.5. The van der Waals surface area contributed by atoms with Crippen molar-refractivity contribution < 1.29 is 35.5 Å². The van der Waals surface area contributed by atoms with Gasteiger partial charge in [0, 0.05) is 36.6 Å². The Kier molecular flexibility index (Phi) is 7.66. The molecule has 0 aliphatic carbocycles. The van der Waals surface area contributed by atoms with Crippen molar-refractivity contribution in [2.45, 2.75) is 25.7 Å². The molecule has 0 spiro atoms. The number of aromatic nitrogens is 5. The average Bonchev–Trinajstić information content (AvgIpc) is 3.58. The lowest BCUT2D eigenvalue weighted by Gasteiger charge is -2.11. The fourth-order valence-electron chi connectivity index (χ4n) is 4.86. The minimum absolute atomic E-state index is 0.116. The first-order valence-electron chi connectivity index (χ1n) is 13.8. The monoisotopic (exact) mass is 640 g/mol. The minimum atomic E-state index is -4.64. The third-order valence-corrected chi connectivity index (χ3v) is 7.22. The van der Waals surface area contributed by atoms with Crippen LogP contribution in [-0.2, 0) is 25.8 Å². The summed E-state index contributed by atoms with van der Waals surface area (Å²) in [5.41, 5.74) is 1.09. The summed E-state index contributed by atoms with van der Waals surface area (Å²) in [5.74, 6) is 0.431. The highest BCUT2D eigenvalue weighted by atomic mass is 19.4. The van der Waals surface area contributed by atoms with Crippen LogP contribution in [0.5, 0.6) is 11.5 Å². The number of rotatable bonds is 7. The average molecular weight is 641 g/mol. The molecular formula is C32H23F7N6O. The molecule has 3 aromatic carbocycles. The molecule has 0 unspecified atom stereocenters. The molecule has 2 N–H and O–H groups in total. The summed E-state index contributed by atoms with van der Waals surface area (Å²) in [6.07, 6.45) is -7.03. The van der Waals surface area contributed by atoms with Crippen molar-refractivity contribution in [3.63, 3.8) is 0 Å². The van der Waals surface area contributed by atoms with Crippen molar-refractivity contribution in [3.8, 4) is 34.3 Å². The normalized spacial score (nSPS) is 12.1. The van der Waals surface area contributed by atoms with Crippen molar-refractivity contribution in [1.82, 2.24) is 24.5 Å². The van der Waals surface area contributed by atoms with E-state index in [4.69, 9.17) is 4.74 Å². The summed E-state index contributed by atoms with van der Waals surface area (Å²) in [6, 6.07) is 15.1. The highest BCUT2D eigenvalue weighted by Crippen LogP contribution is 2.35. The highest BCUT2D eigenvalue weighted by molar-refractivity contribution is 5.81. The summed E-state index contributed by atoms with van der Waals surface area (Å²) in [5, 5.41) is 2.64. The molecule has 236 valence electrons. The minimum Gasteiger partial charge on any atom is -0.457 e. The van der Waals surface area contributed by atoms with E-state index in [-0.39, 0.29) is 11.6 Å². The number of anilines is 2. The number of imidazole rings is 2. The first kappa shape index (κ1) is 30.6. The summed E-state index contributed by atoms with van der Waals surface area (Å²) in [4.78, 5) is 16.6. The maximum absolute atomic E-state index is 14.3. The van der Waals surface area contributed by atoms with Crippen LogP contribution in [-0.4, -0.2) is 24.5 Å². The van der Waals surface area contributed by atoms with Gasteiger partial charge in [0.05, 0.1) is 33.5 Å². The molecule has 0 amide bonds. The number of halogens is 7. The van der Waals surface area contributed by atoms with Gasteiger partial charge in [-0.1, -0.05) is 19.1 Å². The number of benzene rings is 3. The largest absolute Gasteiger partial charge is 0.457 e. The van der Waals surface area contributed by atoms with Crippen molar-refractivity contribution in [1.29, 1.82) is 0 Å². The summed E-state index contributed by atoms with van der Waals surface area (Å²) >= 11 is 0. The van der Waals surface area contributed by atoms with Gasteiger partial charge in [-0.2, -0.15) is 26.3 Å². The van der Waals surface area contributed by atoms with Crippen molar-refractivity contribution >= 4 is 22.7 Å². The number of ether oxygens (including phenoxy) is 1. The Bertz CT molecular complexity index is 2050. The summed E-state index contributed by atoms with van der Waals surface area (Å²) < 4.78 is 100. The van der Waals surface area contributed by atoms with Crippen LogP contribution in [0.3, 0.4) is 0 Å².